The Kier molecular flexibility index (Phi) is 7.67. The second-order valence-corrected chi connectivity index (χ2v) is 7.18. The van der Waals surface area contributed by atoms with Crippen molar-refractivity contribution in [2.45, 2.75) is 55.9 Å². The van der Waals surface area contributed by atoms with E-state index in [1.54, 1.807) is 6.08 Å². The maximum atomic E-state index is 13.0. The van der Waals surface area contributed by atoms with Crippen LogP contribution < -0.4 is 4.74 Å². The smallest absolute Gasteiger partial charge is 0.351 e. The van der Waals surface area contributed by atoms with Crippen molar-refractivity contribution in [1.29, 1.82) is 0 Å². The van der Waals surface area contributed by atoms with Crippen LogP contribution in [0.25, 0.3) is 0 Å². The van der Waals surface area contributed by atoms with Crippen LogP contribution in [0.1, 0.15) is 25.7 Å². The van der Waals surface area contributed by atoms with Gasteiger partial charge in [-0.25, -0.2) is 4.39 Å². The molecule has 4 N–H and O–H groups in total. The largest absolute Gasteiger partial charge is 0.491 e. The van der Waals surface area contributed by atoms with Crippen LogP contribution in [0.3, 0.4) is 0 Å². The molecule has 2 aliphatic heterocycles. The van der Waals surface area contributed by atoms with Gasteiger partial charge in [0.15, 0.2) is 0 Å². The molecule has 0 spiro atoms. The highest BCUT2D eigenvalue weighted by Gasteiger charge is 2.50. The molecule has 0 amide bonds. The third kappa shape index (κ3) is 6.77. The van der Waals surface area contributed by atoms with Gasteiger partial charge in [-0.05, 0) is 61.6 Å². The molecule has 168 valence electrons. The van der Waals surface area contributed by atoms with Gasteiger partial charge in [0, 0.05) is 0 Å². The molecule has 3 rings (SSSR count). The van der Waals surface area contributed by atoms with Gasteiger partial charge in [-0.1, -0.05) is 18.4 Å². The third-order valence-corrected chi connectivity index (χ3v) is 4.66. The topological polar surface area (TPSA) is 118 Å². The lowest BCUT2D eigenvalue weighted by Crippen LogP contribution is -2.57. The second kappa shape index (κ2) is 10.2. The van der Waals surface area contributed by atoms with Gasteiger partial charge in [0.2, 0.25) is 6.29 Å². The molecule has 0 radical (unpaired) electrons. The Morgan fingerprint density at radius 1 is 1.06 bits per heavy atom. The summed E-state index contributed by atoms with van der Waals surface area (Å²) in [5, 5.41) is 40.1. The average Bonchev–Trinajstić information content (AvgIpc) is 2.97. The molecule has 3 atom stereocenters. The molecular formula is C22H25FO8. The predicted molar refractivity (Wildman–Crippen MR) is 105 cm³/mol. The number of halogens is 1. The predicted octanol–water partition coefficient (Wildman–Crippen LogP) is 1.30. The van der Waals surface area contributed by atoms with Crippen molar-refractivity contribution in [3.8, 4) is 17.6 Å². The first kappa shape index (κ1) is 23.2. The fourth-order valence-electron chi connectivity index (χ4n) is 2.96. The van der Waals surface area contributed by atoms with Gasteiger partial charge in [0.1, 0.15) is 24.3 Å². The molecule has 8 nitrogen and oxygen atoms in total. The van der Waals surface area contributed by atoms with Gasteiger partial charge >= 0.3 is 11.8 Å². The highest BCUT2D eigenvalue weighted by molar-refractivity contribution is 5.22. The van der Waals surface area contributed by atoms with Gasteiger partial charge in [-0.2, -0.15) is 0 Å². The molecule has 9 heteroatoms. The van der Waals surface area contributed by atoms with E-state index in [0.29, 0.717) is 18.6 Å². The third-order valence-electron chi connectivity index (χ3n) is 4.66. The number of benzene rings is 1. The molecular weight excluding hydrogens is 411 g/mol. The van der Waals surface area contributed by atoms with Crippen molar-refractivity contribution < 1.29 is 43.8 Å². The minimum Gasteiger partial charge on any atom is -0.491 e. The van der Waals surface area contributed by atoms with Crippen molar-refractivity contribution in [1.82, 2.24) is 0 Å². The van der Waals surface area contributed by atoms with Crippen LogP contribution in [0.5, 0.6) is 5.75 Å². The van der Waals surface area contributed by atoms with Crippen LogP contribution >= 0.6 is 0 Å². The lowest BCUT2D eigenvalue weighted by molar-refractivity contribution is -0.461. The van der Waals surface area contributed by atoms with E-state index in [-0.39, 0.29) is 18.5 Å². The van der Waals surface area contributed by atoms with E-state index in [9.17, 15) is 24.8 Å². The molecule has 0 aliphatic carbocycles. The van der Waals surface area contributed by atoms with Gasteiger partial charge in [-0.3, -0.25) is 4.74 Å². The summed E-state index contributed by atoms with van der Waals surface area (Å²) in [6.07, 6.45) is 6.26. The first-order valence-electron chi connectivity index (χ1n) is 9.88. The van der Waals surface area contributed by atoms with E-state index < -0.39 is 24.2 Å². The summed E-state index contributed by atoms with van der Waals surface area (Å²) >= 11 is 0. The maximum absolute atomic E-state index is 13.0. The lowest BCUT2D eigenvalue weighted by Gasteiger charge is -2.32. The van der Waals surface area contributed by atoms with Crippen LogP contribution in [-0.2, 0) is 14.2 Å². The Labute approximate surface area is 179 Å². The number of allylic oxidation sites excluding steroid dienone is 2. The summed E-state index contributed by atoms with van der Waals surface area (Å²) in [6.45, 7) is 0.207. The molecule has 1 fully saturated rings. The standard InChI is InChI=1S/C22H25FO8/c23-16-8-10-17(11-9-16)29-15-19-6-2-1-5-18(30-19)12-13-21(24,25)22(26,27)31-20-7-3-4-14-28-20/h3-4,7-11,14,18-20,24-27H,1-2,5-6,15H2. The van der Waals surface area contributed by atoms with Crippen LogP contribution in [0, 0.1) is 17.7 Å². The quantitative estimate of drug-likeness (QED) is 0.389. The van der Waals surface area contributed by atoms with E-state index in [0.717, 1.165) is 12.8 Å². The molecule has 1 saturated heterocycles. The molecule has 1 aromatic rings. The van der Waals surface area contributed by atoms with Crippen molar-refractivity contribution in [3.05, 3.63) is 54.6 Å². The summed E-state index contributed by atoms with van der Waals surface area (Å²) in [5.74, 6) is -2.04. The van der Waals surface area contributed by atoms with E-state index in [1.807, 2.05) is 5.92 Å². The zero-order valence-electron chi connectivity index (χ0n) is 16.7. The van der Waals surface area contributed by atoms with Crippen molar-refractivity contribution >= 4 is 0 Å². The first-order chi connectivity index (χ1) is 14.7. The highest BCUT2D eigenvalue weighted by atomic mass is 19.1. The number of rotatable bonds is 6. The van der Waals surface area contributed by atoms with E-state index in [1.165, 1.54) is 42.7 Å². The second-order valence-electron chi connectivity index (χ2n) is 7.18. The van der Waals surface area contributed by atoms with Gasteiger partial charge in [-0.15, -0.1) is 0 Å². The zero-order valence-corrected chi connectivity index (χ0v) is 16.7. The van der Waals surface area contributed by atoms with Gasteiger partial charge < -0.3 is 34.6 Å². The Morgan fingerprint density at radius 2 is 1.81 bits per heavy atom. The van der Waals surface area contributed by atoms with Crippen LogP contribution in [0.2, 0.25) is 0 Å². The number of hydrogen-bond acceptors (Lipinski definition) is 8. The van der Waals surface area contributed by atoms with Crippen LogP contribution in [0.4, 0.5) is 4.39 Å². The molecule has 2 aliphatic rings. The Balaban J connectivity index is 1.58. The number of aliphatic hydroxyl groups is 4. The normalized spacial score (nSPS) is 24.0. The Bertz CT molecular complexity index is 837. The maximum Gasteiger partial charge on any atom is 0.351 e. The number of hydrogen-bond donors (Lipinski definition) is 4. The highest BCUT2D eigenvalue weighted by Crippen LogP contribution is 2.24. The molecule has 0 bridgehead atoms. The zero-order chi connectivity index (χ0) is 22.3. The molecule has 0 aromatic heterocycles. The molecule has 31 heavy (non-hydrogen) atoms. The van der Waals surface area contributed by atoms with Gasteiger partial charge in [0.25, 0.3) is 0 Å². The summed E-state index contributed by atoms with van der Waals surface area (Å²) < 4.78 is 34.2. The molecule has 2 heterocycles. The lowest BCUT2D eigenvalue weighted by atomic mass is 10.1. The monoisotopic (exact) mass is 436 g/mol. The first-order valence-corrected chi connectivity index (χ1v) is 9.88. The summed E-state index contributed by atoms with van der Waals surface area (Å²) in [5.41, 5.74) is 0. The molecule has 0 saturated carbocycles. The minimum atomic E-state index is -3.42. The minimum absolute atomic E-state index is 0.207. The van der Waals surface area contributed by atoms with Gasteiger partial charge in [0.05, 0.1) is 12.4 Å². The summed E-state index contributed by atoms with van der Waals surface area (Å²) in [7, 11) is 0. The fraction of sp³-hybridized carbons (Fsp3) is 0.455. The van der Waals surface area contributed by atoms with Crippen molar-refractivity contribution in [3.63, 3.8) is 0 Å². The fourth-order valence-corrected chi connectivity index (χ4v) is 2.96. The average molecular weight is 436 g/mol. The van der Waals surface area contributed by atoms with E-state index >= 15 is 0 Å². The van der Waals surface area contributed by atoms with E-state index in [4.69, 9.17) is 18.9 Å². The van der Waals surface area contributed by atoms with Crippen molar-refractivity contribution in [2.24, 2.45) is 0 Å². The summed E-state index contributed by atoms with van der Waals surface area (Å²) in [6, 6.07) is 5.61. The SMILES string of the molecule is OC(O)(C#CC1CCCCC(COc2ccc(F)cc2)O1)C(O)(O)OC1C=CC=CO1. The Morgan fingerprint density at radius 3 is 2.52 bits per heavy atom. The molecule has 1 aromatic carbocycles. The van der Waals surface area contributed by atoms with Crippen molar-refractivity contribution in [2.75, 3.05) is 6.61 Å². The van der Waals surface area contributed by atoms with Crippen LogP contribution in [0.15, 0.2) is 48.8 Å². The van der Waals surface area contributed by atoms with E-state index in [2.05, 4.69) is 5.92 Å². The Hall–Kier alpha value is -2.45. The molecule has 3 unspecified atom stereocenters. The summed E-state index contributed by atoms with van der Waals surface area (Å²) in [4.78, 5) is 0. The van der Waals surface area contributed by atoms with Crippen LogP contribution in [-0.4, -0.2) is 57.3 Å². The number of ether oxygens (including phenoxy) is 4.